The molecule has 0 aromatic rings. The normalized spacial score (nSPS) is 35.5. The molecule has 4 heterocycles. The second-order valence-corrected chi connectivity index (χ2v) is 13.0. The summed E-state index contributed by atoms with van der Waals surface area (Å²) in [6.45, 7) is 12.2. The van der Waals surface area contributed by atoms with Crippen LogP contribution in [0.15, 0.2) is 0 Å². The van der Waals surface area contributed by atoms with Crippen molar-refractivity contribution in [3.8, 4) is 0 Å². The Balaban J connectivity index is 1.55. The number of nitrogens with one attached hydrogen (secondary N) is 2. The molecule has 2 N–H and O–H groups in total. The molecule has 4 aliphatic rings. The Bertz CT molecular complexity index is 1030. The summed E-state index contributed by atoms with van der Waals surface area (Å²) in [5, 5.41) is 5.64. The number of esters is 1. The van der Waals surface area contributed by atoms with Gasteiger partial charge in [-0.3, -0.25) is 9.59 Å². The van der Waals surface area contributed by atoms with Crippen molar-refractivity contribution < 1.29 is 61.8 Å². The number of ether oxygens (including phenoxy) is 10. The van der Waals surface area contributed by atoms with Crippen LogP contribution >= 0.6 is 0 Å². The first-order valence-corrected chi connectivity index (χ1v) is 14.4. The zero-order valence-electron chi connectivity index (χ0n) is 26.5. The van der Waals surface area contributed by atoms with Crippen molar-refractivity contribution in [1.82, 2.24) is 10.6 Å². The van der Waals surface area contributed by atoms with Crippen molar-refractivity contribution >= 4 is 18.0 Å². The molecular formula is C28H46N2O13. The summed E-state index contributed by atoms with van der Waals surface area (Å²) in [7, 11) is 4.19. The van der Waals surface area contributed by atoms with Gasteiger partial charge in [-0.15, -0.1) is 0 Å². The van der Waals surface area contributed by atoms with Crippen molar-refractivity contribution in [3.63, 3.8) is 0 Å². The quantitative estimate of drug-likeness (QED) is 0.334. The minimum absolute atomic E-state index is 0.220. The number of carbonyl (C=O) groups excluding carboxylic acids is 3. The summed E-state index contributed by atoms with van der Waals surface area (Å²) in [6.07, 6.45) is -6.96. The molecule has 0 aliphatic carbocycles. The molecule has 0 saturated carbocycles. The standard InChI is InChI=1S/C28H46N2O13/c1-26(2,3)43-25(33)30-13(17-19-21(23(35-9)37-17)41-27(4,5)39-19)11-15(31)29-14(12-16(32)34-8)18-20-22(24(36-10)38-18)42-28(6,7)40-20/h13-14,17-24H,11-12H2,1-10H3,(H,29,31)(H,30,33)/t13-,14+,17+,18+,19-,20-,21-,22-,23-,24-/m0/s1. The number of methoxy groups -OCH3 is 3. The molecule has 0 aromatic carbocycles. The van der Waals surface area contributed by atoms with Crippen LogP contribution in [0.25, 0.3) is 0 Å². The Hall–Kier alpha value is -2.11. The first-order chi connectivity index (χ1) is 20.0. The van der Waals surface area contributed by atoms with Crippen LogP contribution in [0.2, 0.25) is 0 Å². The van der Waals surface area contributed by atoms with E-state index in [4.69, 9.17) is 47.4 Å². The van der Waals surface area contributed by atoms with Crippen molar-refractivity contribution in [2.75, 3.05) is 21.3 Å². The lowest BCUT2D eigenvalue weighted by atomic mass is 9.98. The van der Waals surface area contributed by atoms with Crippen molar-refractivity contribution in [2.45, 2.75) is 140 Å². The highest BCUT2D eigenvalue weighted by Gasteiger charge is 2.59. The Morgan fingerprint density at radius 1 is 0.721 bits per heavy atom. The molecule has 0 spiro atoms. The molecule has 15 nitrogen and oxygen atoms in total. The number of amides is 2. The van der Waals surface area contributed by atoms with Gasteiger partial charge in [0.1, 0.15) is 42.2 Å². The molecule has 15 heteroatoms. The van der Waals surface area contributed by atoms with E-state index in [-0.39, 0.29) is 12.8 Å². The van der Waals surface area contributed by atoms with Crippen LogP contribution in [0.5, 0.6) is 0 Å². The smallest absolute Gasteiger partial charge is 0.407 e. The van der Waals surface area contributed by atoms with E-state index in [1.165, 1.54) is 21.3 Å². The fourth-order valence-corrected chi connectivity index (χ4v) is 5.90. The van der Waals surface area contributed by atoms with Crippen LogP contribution in [0.3, 0.4) is 0 Å². The van der Waals surface area contributed by atoms with Gasteiger partial charge in [0.2, 0.25) is 5.91 Å². The van der Waals surface area contributed by atoms with Crippen LogP contribution < -0.4 is 10.6 Å². The molecule has 10 atom stereocenters. The molecule has 0 radical (unpaired) electrons. The third-order valence-corrected chi connectivity index (χ3v) is 7.42. The zero-order chi connectivity index (χ0) is 31.9. The average molecular weight is 619 g/mol. The molecule has 4 rings (SSSR count). The number of rotatable bonds is 10. The number of fused-ring (bicyclic) bond motifs is 2. The van der Waals surface area contributed by atoms with Gasteiger partial charge in [-0.2, -0.15) is 0 Å². The Kier molecular flexibility index (Phi) is 9.99. The van der Waals surface area contributed by atoms with E-state index in [1.807, 2.05) is 0 Å². The lowest BCUT2D eigenvalue weighted by molar-refractivity contribution is -0.230. The minimum atomic E-state index is -0.941. The fourth-order valence-electron chi connectivity index (χ4n) is 5.90. The molecular weight excluding hydrogens is 572 g/mol. The summed E-state index contributed by atoms with van der Waals surface area (Å²) in [5.74, 6) is -2.96. The summed E-state index contributed by atoms with van der Waals surface area (Å²) in [5.41, 5.74) is -0.795. The number of hydrogen-bond donors (Lipinski definition) is 2. The average Bonchev–Trinajstić information content (AvgIpc) is 3.57. The molecule has 0 unspecified atom stereocenters. The maximum Gasteiger partial charge on any atom is 0.407 e. The highest BCUT2D eigenvalue weighted by Crippen LogP contribution is 2.42. The topological polar surface area (TPSA) is 168 Å². The van der Waals surface area contributed by atoms with E-state index in [9.17, 15) is 14.4 Å². The molecule has 43 heavy (non-hydrogen) atoms. The first kappa shape index (κ1) is 33.8. The van der Waals surface area contributed by atoms with Gasteiger partial charge in [-0.1, -0.05) is 0 Å². The number of carbonyl (C=O) groups is 3. The Labute approximate surface area is 251 Å². The van der Waals surface area contributed by atoms with Gasteiger partial charge in [0.15, 0.2) is 24.2 Å². The Morgan fingerprint density at radius 2 is 1.16 bits per heavy atom. The van der Waals surface area contributed by atoms with Crippen molar-refractivity contribution in [2.24, 2.45) is 0 Å². The fraction of sp³-hybridized carbons (Fsp3) is 0.893. The second-order valence-electron chi connectivity index (χ2n) is 13.0. The first-order valence-electron chi connectivity index (χ1n) is 14.4. The van der Waals surface area contributed by atoms with Crippen molar-refractivity contribution in [1.29, 1.82) is 0 Å². The van der Waals surface area contributed by atoms with Gasteiger partial charge in [0, 0.05) is 20.6 Å². The minimum Gasteiger partial charge on any atom is -0.469 e. The monoisotopic (exact) mass is 618 g/mol. The second kappa shape index (κ2) is 12.7. The van der Waals surface area contributed by atoms with Gasteiger partial charge in [0.05, 0.1) is 25.6 Å². The van der Waals surface area contributed by atoms with Gasteiger partial charge >= 0.3 is 12.1 Å². The van der Waals surface area contributed by atoms with E-state index in [2.05, 4.69) is 10.6 Å². The van der Waals surface area contributed by atoms with E-state index in [1.54, 1.807) is 48.5 Å². The number of hydrogen-bond acceptors (Lipinski definition) is 13. The van der Waals surface area contributed by atoms with Gasteiger partial charge in [-0.05, 0) is 48.5 Å². The van der Waals surface area contributed by atoms with Crippen LogP contribution in [0.4, 0.5) is 4.79 Å². The van der Waals surface area contributed by atoms with Gasteiger partial charge in [-0.25, -0.2) is 4.79 Å². The van der Waals surface area contributed by atoms with E-state index >= 15 is 0 Å². The molecule has 4 fully saturated rings. The third-order valence-electron chi connectivity index (χ3n) is 7.42. The Morgan fingerprint density at radius 3 is 1.58 bits per heavy atom. The molecule has 4 aliphatic heterocycles. The third kappa shape index (κ3) is 7.95. The summed E-state index contributed by atoms with van der Waals surface area (Å²) in [4.78, 5) is 39.0. The van der Waals surface area contributed by atoms with Crippen LogP contribution in [0.1, 0.15) is 61.3 Å². The predicted molar refractivity (Wildman–Crippen MR) is 145 cm³/mol. The van der Waals surface area contributed by atoms with Gasteiger partial charge in [0.25, 0.3) is 0 Å². The van der Waals surface area contributed by atoms with E-state index < -0.39 is 96.4 Å². The molecule has 246 valence electrons. The molecule has 2 amide bonds. The lowest BCUT2D eigenvalue weighted by Gasteiger charge is -2.31. The van der Waals surface area contributed by atoms with Crippen LogP contribution in [-0.2, 0) is 57.0 Å². The zero-order valence-corrected chi connectivity index (χ0v) is 26.5. The van der Waals surface area contributed by atoms with Crippen LogP contribution in [0, 0.1) is 0 Å². The largest absolute Gasteiger partial charge is 0.469 e. The molecule has 0 bridgehead atoms. The van der Waals surface area contributed by atoms with Gasteiger partial charge < -0.3 is 58.0 Å². The van der Waals surface area contributed by atoms with E-state index in [0.717, 1.165) is 0 Å². The summed E-state index contributed by atoms with van der Waals surface area (Å²) in [6, 6.07) is -1.83. The molecule has 0 aromatic heterocycles. The molecule has 4 saturated heterocycles. The SMILES string of the molecule is COC(=O)C[C@@H](NC(=O)C[C@H](NC(=O)OC(C)(C)C)[C@H]1O[C@H](OC)[C@H]2OC(C)(C)O[C@H]21)[C@H]1O[C@H](OC)[C@H]2OC(C)(C)O[C@H]21. The predicted octanol–water partition coefficient (Wildman–Crippen LogP) is 1.10. The maximum atomic E-state index is 13.7. The summed E-state index contributed by atoms with van der Waals surface area (Å²) >= 11 is 0. The highest BCUT2D eigenvalue weighted by molar-refractivity contribution is 5.79. The van der Waals surface area contributed by atoms with E-state index in [0.29, 0.717) is 0 Å². The highest BCUT2D eigenvalue weighted by atomic mass is 16.8. The summed E-state index contributed by atoms with van der Waals surface area (Å²) < 4.78 is 57.6. The number of alkyl carbamates (subject to hydrolysis) is 1. The van der Waals surface area contributed by atoms with Crippen LogP contribution in [-0.4, -0.2) is 118 Å². The lowest BCUT2D eigenvalue weighted by Crippen LogP contribution is -2.54. The maximum absolute atomic E-state index is 13.7. The van der Waals surface area contributed by atoms with Crippen molar-refractivity contribution in [3.05, 3.63) is 0 Å².